The lowest BCUT2D eigenvalue weighted by atomic mass is 10.1. The van der Waals surface area contributed by atoms with E-state index in [0.717, 1.165) is 38.2 Å². The van der Waals surface area contributed by atoms with Gasteiger partial charge in [-0.05, 0) is 12.1 Å². The van der Waals surface area contributed by atoms with Gasteiger partial charge < -0.3 is 9.64 Å². The third-order valence-corrected chi connectivity index (χ3v) is 4.50. The first-order valence-electron chi connectivity index (χ1n) is 8.62. The number of rotatable bonds is 5. The Labute approximate surface area is 148 Å². The van der Waals surface area contributed by atoms with E-state index in [1.165, 1.54) is 5.56 Å². The van der Waals surface area contributed by atoms with Gasteiger partial charge in [-0.2, -0.15) is 5.10 Å². The Morgan fingerprint density at radius 3 is 2.48 bits per heavy atom. The van der Waals surface area contributed by atoms with E-state index < -0.39 is 0 Å². The summed E-state index contributed by atoms with van der Waals surface area (Å²) in [6.45, 7) is 3.12. The number of carbonyl (C=O) groups excluding carboxylic acids is 1. The van der Waals surface area contributed by atoms with Crippen molar-refractivity contribution in [1.29, 1.82) is 0 Å². The van der Waals surface area contributed by atoms with E-state index in [4.69, 9.17) is 4.74 Å². The summed E-state index contributed by atoms with van der Waals surface area (Å²) >= 11 is 0. The average molecular weight is 338 g/mol. The number of carbonyl (C=O) groups is 1. The van der Waals surface area contributed by atoms with Crippen LogP contribution in [0.1, 0.15) is 28.8 Å². The molecule has 2 aromatic rings. The lowest BCUT2D eigenvalue weighted by Crippen LogP contribution is -3.11. The first-order valence-corrected chi connectivity index (χ1v) is 8.62. The molecule has 0 aromatic heterocycles. The highest BCUT2D eigenvalue weighted by Crippen LogP contribution is 2.16. The number of amides is 1. The number of methoxy groups -OCH3 is 1. The van der Waals surface area contributed by atoms with E-state index in [-0.39, 0.29) is 5.91 Å². The fourth-order valence-electron chi connectivity index (χ4n) is 3.09. The predicted octanol–water partition coefficient (Wildman–Crippen LogP) is 1.66. The molecule has 5 heteroatoms. The number of para-hydroxylation sites is 1. The number of hydrogen-bond acceptors (Lipinski definition) is 3. The number of benzene rings is 2. The fourth-order valence-corrected chi connectivity index (χ4v) is 3.09. The zero-order valence-corrected chi connectivity index (χ0v) is 14.5. The first-order chi connectivity index (χ1) is 12.3. The third kappa shape index (κ3) is 4.67. The van der Waals surface area contributed by atoms with Gasteiger partial charge in [0.25, 0.3) is 5.91 Å². The second kappa shape index (κ2) is 8.44. The van der Waals surface area contributed by atoms with Gasteiger partial charge in [-0.25, -0.2) is 5.43 Å². The SMILES string of the molecule is COc1ccccc1C(=O)NN=C1CC[NH+](Cc2ccccc2)CC1. The highest BCUT2D eigenvalue weighted by Gasteiger charge is 2.19. The summed E-state index contributed by atoms with van der Waals surface area (Å²) in [5.41, 5.74) is 5.59. The summed E-state index contributed by atoms with van der Waals surface area (Å²) in [7, 11) is 1.56. The molecule has 5 nitrogen and oxygen atoms in total. The average Bonchev–Trinajstić information content (AvgIpc) is 2.68. The van der Waals surface area contributed by atoms with Gasteiger partial charge in [0.05, 0.1) is 25.8 Å². The van der Waals surface area contributed by atoms with Crippen molar-refractivity contribution in [3.8, 4) is 5.75 Å². The summed E-state index contributed by atoms with van der Waals surface area (Å²) < 4.78 is 5.22. The minimum Gasteiger partial charge on any atom is -0.496 e. The number of piperidine rings is 1. The Kier molecular flexibility index (Phi) is 5.80. The highest BCUT2D eigenvalue weighted by molar-refractivity contribution is 5.97. The van der Waals surface area contributed by atoms with E-state index in [0.29, 0.717) is 11.3 Å². The molecule has 25 heavy (non-hydrogen) atoms. The molecule has 0 aliphatic carbocycles. The van der Waals surface area contributed by atoms with Crippen LogP contribution in [-0.4, -0.2) is 31.8 Å². The molecular formula is C20H24N3O2+. The van der Waals surface area contributed by atoms with E-state index in [2.05, 4.69) is 34.8 Å². The molecule has 0 saturated carbocycles. The maximum atomic E-state index is 12.3. The number of hydrogen-bond donors (Lipinski definition) is 2. The maximum Gasteiger partial charge on any atom is 0.275 e. The van der Waals surface area contributed by atoms with Crippen LogP contribution >= 0.6 is 0 Å². The summed E-state index contributed by atoms with van der Waals surface area (Å²) in [5.74, 6) is 0.325. The molecule has 1 saturated heterocycles. The van der Waals surface area contributed by atoms with Crippen LogP contribution < -0.4 is 15.1 Å². The molecule has 2 N–H and O–H groups in total. The number of nitrogens with zero attached hydrogens (tertiary/aromatic N) is 1. The van der Waals surface area contributed by atoms with Crippen molar-refractivity contribution in [1.82, 2.24) is 5.43 Å². The molecule has 0 radical (unpaired) electrons. The molecule has 2 aromatic carbocycles. The third-order valence-electron chi connectivity index (χ3n) is 4.50. The molecule has 0 spiro atoms. The first kappa shape index (κ1) is 17.2. The zero-order valence-electron chi connectivity index (χ0n) is 14.5. The van der Waals surface area contributed by atoms with Crippen molar-refractivity contribution in [3.63, 3.8) is 0 Å². The van der Waals surface area contributed by atoms with Crippen molar-refractivity contribution in [3.05, 3.63) is 65.7 Å². The van der Waals surface area contributed by atoms with Gasteiger partial charge in [0.2, 0.25) is 0 Å². The lowest BCUT2D eigenvalue weighted by Gasteiger charge is -2.24. The van der Waals surface area contributed by atoms with E-state index in [1.54, 1.807) is 24.1 Å². The van der Waals surface area contributed by atoms with Crippen LogP contribution in [0.3, 0.4) is 0 Å². The van der Waals surface area contributed by atoms with Gasteiger partial charge in [0.1, 0.15) is 12.3 Å². The zero-order chi connectivity index (χ0) is 17.5. The van der Waals surface area contributed by atoms with Crippen LogP contribution in [0, 0.1) is 0 Å². The summed E-state index contributed by atoms with van der Waals surface area (Å²) in [5, 5.41) is 4.32. The number of ether oxygens (including phenoxy) is 1. The van der Waals surface area contributed by atoms with E-state index in [9.17, 15) is 4.79 Å². The Balaban J connectivity index is 1.52. The fraction of sp³-hybridized carbons (Fsp3) is 0.300. The standard InChI is InChI=1S/C20H23N3O2/c1-25-19-10-6-5-9-18(19)20(24)22-21-17-11-13-23(14-12-17)15-16-7-3-2-4-8-16/h2-10H,11-15H2,1H3,(H,22,24)/p+1. The van der Waals surface area contributed by atoms with Crippen molar-refractivity contribution >= 4 is 11.6 Å². The monoisotopic (exact) mass is 338 g/mol. The molecule has 130 valence electrons. The second-order valence-electron chi connectivity index (χ2n) is 6.23. The molecule has 1 fully saturated rings. The maximum absolute atomic E-state index is 12.3. The molecule has 0 unspecified atom stereocenters. The minimum absolute atomic E-state index is 0.232. The Bertz CT molecular complexity index is 734. The molecule has 1 heterocycles. The van der Waals surface area contributed by atoms with Crippen molar-refractivity contribution in [2.75, 3.05) is 20.2 Å². The number of likely N-dealkylation sites (tertiary alicyclic amines) is 1. The van der Waals surface area contributed by atoms with Crippen LogP contribution in [0.25, 0.3) is 0 Å². The molecule has 1 aliphatic heterocycles. The normalized spacial score (nSPS) is 17.0. The van der Waals surface area contributed by atoms with Gasteiger partial charge in [0.15, 0.2) is 0 Å². The Morgan fingerprint density at radius 2 is 1.76 bits per heavy atom. The van der Waals surface area contributed by atoms with Crippen LogP contribution in [0.2, 0.25) is 0 Å². The topological polar surface area (TPSA) is 55.1 Å². The second-order valence-corrected chi connectivity index (χ2v) is 6.23. The smallest absolute Gasteiger partial charge is 0.275 e. The quantitative estimate of drug-likeness (QED) is 0.815. The summed E-state index contributed by atoms with van der Waals surface area (Å²) in [6.07, 6.45) is 1.82. The van der Waals surface area contributed by atoms with Crippen molar-refractivity contribution in [2.24, 2.45) is 5.10 Å². The summed E-state index contributed by atoms with van der Waals surface area (Å²) in [6, 6.07) is 17.7. The summed E-state index contributed by atoms with van der Waals surface area (Å²) in [4.78, 5) is 13.8. The van der Waals surface area contributed by atoms with Crippen LogP contribution in [0.5, 0.6) is 5.75 Å². The lowest BCUT2D eigenvalue weighted by molar-refractivity contribution is -0.914. The minimum atomic E-state index is -0.232. The molecule has 0 atom stereocenters. The van der Waals surface area contributed by atoms with Gasteiger partial charge in [0, 0.05) is 24.1 Å². The highest BCUT2D eigenvalue weighted by atomic mass is 16.5. The van der Waals surface area contributed by atoms with Crippen molar-refractivity contribution < 1.29 is 14.4 Å². The van der Waals surface area contributed by atoms with Crippen molar-refractivity contribution in [2.45, 2.75) is 19.4 Å². The van der Waals surface area contributed by atoms with Crippen LogP contribution in [0.4, 0.5) is 0 Å². The van der Waals surface area contributed by atoms with Gasteiger partial charge in [-0.15, -0.1) is 0 Å². The number of hydrazone groups is 1. The van der Waals surface area contributed by atoms with Gasteiger partial charge >= 0.3 is 0 Å². The van der Waals surface area contributed by atoms with Crippen LogP contribution in [-0.2, 0) is 6.54 Å². The Morgan fingerprint density at radius 1 is 1.08 bits per heavy atom. The molecule has 0 bridgehead atoms. The van der Waals surface area contributed by atoms with E-state index in [1.807, 2.05) is 18.2 Å². The molecule has 3 rings (SSSR count). The number of quaternary nitrogens is 1. The van der Waals surface area contributed by atoms with Crippen LogP contribution in [0.15, 0.2) is 59.7 Å². The molecule has 1 amide bonds. The number of nitrogens with one attached hydrogen (secondary N) is 2. The van der Waals surface area contributed by atoms with Gasteiger partial charge in [-0.1, -0.05) is 42.5 Å². The molecule has 1 aliphatic rings. The predicted molar refractivity (Wildman–Crippen MR) is 98.0 cm³/mol. The van der Waals surface area contributed by atoms with Gasteiger partial charge in [-0.3, -0.25) is 4.79 Å². The largest absolute Gasteiger partial charge is 0.496 e. The van der Waals surface area contributed by atoms with E-state index >= 15 is 0 Å². The Hall–Kier alpha value is -2.66. The molecular weight excluding hydrogens is 314 g/mol.